The number of anilines is 2. The molecule has 0 amide bonds. The molecule has 0 aliphatic carbocycles. The molecule has 2 heterocycles. The molecule has 1 saturated heterocycles. The number of benzene rings is 1. The van der Waals surface area contributed by atoms with E-state index in [1.54, 1.807) is 6.20 Å². The van der Waals surface area contributed by atoms with Gasteiger partial charge in [0.1, 0.15) is 10.7 Å². The Hall–Kier alpha value is -2.26. The van der Waals surface area contributed by atoms with Crippen LogP contribution in [0.2, 0.25) is 0 Å². The van der Waals surface area contributed by atoms with Gasteiger partial charge in [0.25, 0.3) is 0 Å². The van der Waals surface area contributed by atoms with Gasteiger partial charge >= 0.3 is 0 Å². The minimum atomic E-state index is -3.88. The van der Waals surface area contributed by atoms with Gasteiger partial charge in [-0.05, 0) is 25.0 Å². The van der Waals surface area contributed by atoms with Gasteiger partial charge in [0.15, 0.2) is 5.82 Å². The lowest BCUT2D eigenvalue weighted by Crippen LogP contribution is -2.29. The highest BCUT2D eigenvalue weighted by Gasteiger charge is 2.17. The predicted molar refractivity (Wildman–Crippen MR) is 93.6 cm³/mol. The third kappa shape index (κ3) is 4.43. The highest BCUT2D eigenvalue weighted by atomic mass is 32.2. The van der Waals surface area contributed by atoms with Gasteiger partial charge < -0.3 is 10.2 Å². The van der Waals surface area contributed by atoms with Gasteiger partial charge in [0, 0.05) is 32.2 Å². The summed E-state index contributed by atoms with van der Waals surface area (Å²) in [5, 5.41) is 11.0. The Labute approximate surface area is 146 Å². The molecule has 0 unspecified atom stereocenters. The van der Waals surface area contributed by atoms with Gasteiger partial charge in [-0.1, -0.05) is 12.1 Å². The Bertz CT molecular complexity index is 825. The second kappa shape index (κ2) is 7.75. The van der Waals surface area contributed by atoms with Crippen molar-refractivity contribution in [1.82, 2.24) is 14.9 Å². The number of nitrogens with one attached hydrogen (secondary N) is 2. The maximum absolute atomic E-state index is 13.6. The minimum Gasteiger partial charge on any atom is -0.370 e. The summed E-state index contributed by atoms with van der Waals surface area (Å²) in [5.74, 6) is -0.193. The third-order valence-corrected chi connectivity index (χ3v) is 5.45. The molecule has 2 aromatic rings. The first-order valence-corrected chi connectivity index (χ1v) is 9.60. The van der Waals surface area contributed by atoms with Crippen molar-refractivity contribution in [1.29, 1.82) is 0 Å². The maximum Gasteiger partial charge on any atom is 0.243 e. The van der Waals surface area contributed by atoms with Crippen molar-refractivity contribution in [3.8, 4) is 0 Å². The number of hydrogen-bond donors (Lipinski definition) is 2. The zero-order valence-electron chi connectivity index (χ0n) is 13.7. The number of rotatable bonds is 7. The molecular formula is C16H20FN5O2S. The van der Waals surface area contributed by atoms with Gasteiger partial charge in [-0.3, -0.25) is 0 Å². The quantitative estimate of drug-likeness (QED) is 0.725. The smallest absolute Gasteiger partial charge is 0.243 e. The summed E-state index contributed by atoms with van der Waals surface area (Å²) in [5.41, 5.74) is 1.00. The SMILES string of the molecule is O=S(=O)(NCCNc1cc(N2CCCC2)cnn1)c1ccccc1F. The fraction of sp³-hybridized carbons (Fsp3) is 0.375. The fourth-order valence-corrected chi connectivity index (χ4v) is 3.82. The largest absolute Gasteiger partial charge is 0.370 e. The van der Waals surface area contributed by atoms with Crippen LogP contribution in [-0.2, 0) is 10.0 Å². The van der Waals surface area contributed by atoms with E-state index in [0.29, 0.717) is 12.4 Å². The van der Waals surface area contributed by atoms with E-state index in [1.165, 1.54) is 31.0 Å². The summed E-state index contributed by atoms with van der Waals surface area (Å²) in [6, 6.07) is 7.17. The van der Waals surface area contributed by atoms with Crippen LogP contribution in [0.25, 0.3) is 0 Å². The number of hydrogen-bond acceptors (Lipinski definition) is 6. The van der Waals surface area contributed by atoms with E-state index in [9.17, 15) is 12.8 Å². The highest BCUT2D eigenvalue weighted by Crippen LogP contribution is 2.20. The molecule has 0 saturated carbocycles. The molecule has 7 nitrogen and oxygen atoms in total. The third-order valence-electron chi connectivity index (χ3n) is 3.96. The van der Waals surface area contributed by atoms with E-state index in [1.807, 2.05) is 6.07 Å². The van der Waals surface area contributed by atoms with Crippen molar-refractivity contribution < 1.29 is 12.8 Å². The van der Waals surface area contributed by atoms with E-state index in [-0.39, 0.29) is 11.4 Å². The van der Waals surface area contributed by atoms with E-state index in [2.05, 4.69) is 25.1 Å². The molecular weight excluding hydrogens is 345 g/mol. The van der Waals surface area contributed by atoms with Crippen LogP contribution in [0.15, 0.2) is 41.4 Å². The summed E-state index contributed by atoms with van der Waals surface area (Å²) in [4.78, 5) is 1.88. The summed E-state index contributed by atoms with van der Waals surface area (Å²) in [7, 11) is -3.88. The van der Waals surface area contributed by atoms with Crippen molar-refractivity contribution in [2.75, 3.05) is 36.4 Å². The molecule has 1 aromatic carbocycles. The Morgan fingerprint density at radius 1 is 1.16 bits per heavy atom. The van der Waals surface area contributed by atoms with E-state index >= 15 is 0 Å². The molecule has 1 aliphatic rings. The monoisotopic (exact) mass is 365 g/mol. The summed E-state index contributed by atoms with van der Waals surface area (Å²) in [6.45, 7) is 2.43. The molecule has 2 N–H and O–H groups in total. The average molecular weight is 365 g/mol. The zero-order chi connectivity index (χ0) is 17.7. The number of aromatic nitrogens is 2. The molecule has 9 heteroatoms. The molecule has 0 atom stereocenters. The normalized spacial score (nSPS) is 14.7. The summed E-state index contributed by atoms with van der Waals surface area (Å²) in [6.07, 6.45) is 4.06. The van der Waals surface area contributed by atoms with Crippen molar-refractivity contribution in [3.63, 3.8) is 0 Å². The molecule has 25 heavy (non-hydrogen) atoms. The van der Waals surface area contributed by atoms with Gasteiger partial charge in [0.05, 0.1) is 11.9 Å². The molecule has 3 rings (SSSR count). The standard InChI is InChI=1S/C16H20FN5O2S/c17-14-5-1-2-6-15(14)25(23,24)20-8-7-18-16-11-13(12-19-21-16)22-9-3-4-10-22/h1-2,5-6,11-12,20H,3-4,7-10H2,(H,18,21). The number of sulfonamides is 1. The lowest BCUT2D eigenvalue weighted by Gasteiger charge is -2.17. The van der Waals surface area contributed by atoms with Crippen LogP contribution >= 0.6 is 0 Å². The second-order valence-electron chi connectivity index (χ2n) is 5.75. The van der Waals surface area contributed by atoms with Crippen molar-refractivity contribution in [2.45, 2.75) is 17.7 Å². The van der Waals surface area contributed by atoms with Crippen LogP contribution in [-0.4, -0.2) is 44.8 Å². The van der Waals surface area contributed by atoms with Crippen molar-refractivity contribution in [2.24, 2.45) is 0 Å². The summed E-state index contributed by atoms with van der Waals surface area (Å²) >= 11 is 0. The van der Waals surface area contributed by atoms with Crippen LogP contribution in [0.5, 0.6) is 0 Å². The van der Waals surface area contributed by atoms with Crippen molar-refractivity contribution in [3.05, 3.63) is 42.3 Å². The number of halogens is 1. The van der Waals surface area contributed by atoms with Crippen molar-refractivity contribution >= 4 is 21.5 Å². The first-order chi connectivity index (χ1) is 12.1. The molecule has 0 bridgehead atoms. The maximum atomic E-state index is 13.6. The lowest BCUT2D eigenvalue weighted by atomic mass is 10.4. The Morgan fingerprint density at radius 3 is 2.68 bits per heavy atom. The molecule has 1 aliphatic heterocycles. The van der Waals surface area contributed by atoms with Crippen LogP contribution < -0.4 is 14.9 Å². The fourth-order valence-electron chi connectivity index (χ4n) is 2.71. The van der Waals surface area contributed by atoms with E-state index in [4.69, 9.17) is 0 Å². The first kappa shape index (κ1) is 17.6. The van der Waals surface area contributed by atoms with E-state index in [0.717, 1.165) is 24.8 Å². The second-order valence-corrected chi connectivity index (χ2v) is 7.48. The first-order valence-electron chi connectivity index (χ1n) is 8.12. The lowest BCUT2D eigenvalue weighted by molar-refractivity contribution is 0.558. The topological polar surface area (TPSA) is 87.2 Å². The van der Waals surface area contributed by atoms with Gasteiger partial charge in [-0.2, -0.15) is 5.10 Å². The van der Waals surface area contributed by atoms with Gasteiger partial charge in [0.2, 0.25) is 10.0 Å². The highest BCUT2D eigenvalue weighted by molar-refractivity contribution is 7.89. The molecule has 134 valence electrons. The molecule has 1 fully saturated rings. The summed E-state index contributed by atoms with van der Waals surface area (Å²) < 4.78 is 40.1. The zero-order valence-corrected chi connectivity index (χ0v) is 14.5. The molecule has 0 spiro atoms. The minimum absolute atomic E-state index is 0.103. The Morgan fingerprint density at radius 2 is 1.92 bits per heavy atom. The van der Waals surface area contributed by atoms with Gasteiger partial charge in [-0.15, -0.1) is 5.10 Å². The van der Waals surface area contributed by atoms with Crippen LogP contribution in [0.3, 0.4) is 0 Å². The van der Waals surface area contributed by atoms with Gasteiger partial charge in [-0.25, -0.2) is 17.5 Å². The van der Waals surface area contributed by atoms with E-state index < -0.39 is 15.8 Å². The van der Waals surface area contributed by atoms with Crippen LogP contribution in [0.4, 0.5) is 15.9 Å². The van der Waals surface area contributed by atoms with Crippen LogP contribution in [0.1, 0.15) is 12.8 Å². The average Bonchev–Trinajstić information content (AvgIpc) is 3.14. The van der Waals surface area contributed by atoms with Crippen LogP contribution in [0, 0.1) is 5.82 Å². The predicted octanol–water partition coefficient (Wildman–Crippen LogP) is 1.61. The molecule has 1 aromatic heterocycles. The Balaban J connectivity index is 1.53. The number of nitrogens with zero attached hydrogens (tertiary/aromatic N) is 3. The Kier molecular flexibility index (Phi) is 5.44. The molecule has 0 radical (unpaired) electrons.